The van der Waals surface area contributed by atoms with Gasteiger partial charge in [-0.05, 0) is 49.6 Å². The van der Waals surface area contributed by atoms with Crippen LogP contribution in [0, 0.1) is 0 Å². The molecule has 0 bridgehead atoms. The molecule has 1 amide bonds. The minimum atomic E-state index is -0.399. The zero-order valence-electron chi connectivity index (χ0n) is 14.4. The largest absolute Gasteiger partial charge is 0.379 e. The number of nitrogens with one attached hydrogen (secondary N) is 2. The third-order valence-electron chi connectivity index (χ3n) is 4.50. The number of amides is 1. The molecule has 25 heavy (non-hydrogen) atoms. The molecule has 0 spiro atoms. The van der Waals surface area contributed by atoms with Crippen molar-refractivity contribution in [2.75, 3.05) is 17.2 Å². The van der Waals surface area contributed by atoms with Gasteiger partial charge in [0.25, 0.3) is 5.91 Å². The van der Waals surface area contributed by atoms with E-state index in [-0.39, 0.29) is 18.1 Å². The van der Waals surface area contributed by atoms with E-state index in [1.54, 1.807) is 0 Å². The lowest BCUT2D eigenvalue weighted by molar-refractivity contribution is -0.126. The molecule has 1 aliphatic heterocycles. The number of rotatable bonds is 6. The zero-order valence-corrected chi connectivity index (χ0v) is 14.4. The normalized spacial score (nSPS) is 20.9. The first-order chi connectivity index (χ1) is 12.2. The van der Waals surface area contributed by atoms with Crippen molar-refractivity contribution >= 4 is 17.3 Å². The molecule has 0 aromatic heterocycles. The van der Waals surface area contributed by atoms with Crippen LogP contribution in [0.2, 0.25) is 0 Å². The smallest absolute Gasteiger partial charge is 0.253 e. The molecular formula is C20H25N3O2. The van der Waals surface area contributed by atoms with Crippen molar-refractivity contribution < 1.29 is 9.53 Å². The van der Waals surface area contributed by atoms with E-state index in [0.29, 0.717) is 6.54 Å². The number of hydrogen-bond donors (Lipinski definition) is 3. The van der Waals surface area contributed by atoms with E-state index in [4.69, 9.17) is 10.5 Å². The second kappa shape index (κ2) is 8.14. The molecule has 4 N–H and O–H groups in total. The van der Waals surface area contributed by atoms with E-state index < -0.39 is 6.10 Å². The number of nitrogens with two attached hydrogens (primary N) is 1. The molecule has 3 rings (SSSR count). The number of benzene rings is 2. The third-order valence-corrected chi connectivity index (χ3v) is 4.50. The minimum Gasteiger partial charge on any atom is -0.379 e. The Bertz CT molecular complexity index is 688. The first-order valence-corrected chi connectivity index (χ1v) is 8.73. The Morgan fingerprint density at radius 3 is 2.44 bits per heavy atom. The quantitative estimate of drug-likeness (QED) is 0.755. The fraction of sp³-hybridized carbons (Fsp3) is 0.350. The molecule has 0 aliphatic carbocycles. The molecule has 5 nitrogen and oxygen atoms in total. The monoisotopic (exact) mass is 339 g/mol. The molecule has 1 unspecified atom stereocenters. The summed E-state index contributed by atoms with van der Waals surface area (Å²) in [6, 6.07) is 18.2. The maximum atomic E-state index is 12.2. The topological polar surface area (TPSA) is 76.4 Å². The fourth-order valence-corrected chi connectivity index (χ4v) is 3.02. The van der Waals surface area contributed by atoms with Gasteiger partial charge in [0.05, 0.1) is 6.10 Å². The lowest BCUT2D eigenvalue weighted by Gasteiger charge is -2.16. The standard InChI is InChI=1S/C20H25N3O2/c1-14(15-5-3-2-4-6-15)22-16-7-9-17(10-8-16)23-20(24)19-12-11-18(13-21)25-19/h2-10,14,18-19,22H,11-13,21H2,1H3,(H,23,24)/t14?,18-,19+/m1/s1. The molecule has 2 aromatic rings. The van der Waals surface area contributed by atoms with Crippen molar-refractivity contribution in [3.63, 3.8) is 0 Å². The number of hydrogen-bond acceptors (Lipinski definition) is 4. The Balaban J connectivity index is 1.54. The van der Waals surface area contributed by atoms with E-state index in [1.807, 2.05) is 42.5 Å². The van der Waals surface area contributed by atoms with Gasteiger partial charge in [-0.3, -0.25) is 4.79 Å². The maximum absolute atomic E-state index is 12.2. The summed E-state index contributed by atoms with van der Waals surface area (Å²) in [7, 11) is 0. The van der Waals surface area contributed by atoms with E-state index in [2.05, 4.69) is 29.7 Å². The lowest BCUT2D eigenvalue weighted by atomic mass is 10.1. The SMILES string of the molecule is CC(Nc1ccc(NC(=O)[C@@H]2CC[C@H](CN)O2)cc1)c1ccccc1. The first kappa shape index (κ1) is 17.5. The van der Waals surface area contributed by atoms with Gasteiger partial charge in [-0.2, -0.15) is 0 Å². The molecule has 2 aromatic carbocycles. The Hall–Kier alpha value is -2.37. The maximum Gasteiger partial charge on any atom is 0.253 e. The predicted octanol–water partition coefficient (Wildman–Crippen LogP) is 3.30. The fourth-order valence-electron chi connectivity index (χ4n) is 3.02. The summed E-state index contributed by atoms with van der Waals surface area (Å²) in [6.07, 6.45) is 1.17. The number of carbonyl (C=O) groups excluding carboxylic acids is 1. The summed E-state index contributed by atoms with van der Waals surface area (Å²) < 4.78 is 5.62. The van der Waals surface area contributed by atoms with E-state index in [1.165, 1.54) is 5.56 Å². The lowest BCUT2D eigenvalue weighted by Crippen LogP contribution is -2.29. The van der Waals surface area contributed by atoms with Crippen LogP contribution < -0.4 is 16.4 Å². The van der Waals surface area contributed by atoms with Crippen LogP contribution in [-0.2, 0) is 9.53 Å². The summed E-state index contributed by atoms with van der Waals surface area (Å²) in [5, 5.41) is 6.36. The highest BCUT2D eigenvalue weighted by Gasteiger charge is 2.29. The molecule has 1 heterocycles. The van der Waals surface area contributed by atoms with Crippen molar-refractivity contribution in [3.8, 4) is 0 Å². The summed E-state index contributed by atoms with van der Waals surface area (Å²) in [4.78, 5) is 12.2. The second-order valence-electron chi connectivity index (χ2n) is 6.40. The van der Waals surface area contributed by atoms with Crippen LogP contribution in [0.25, 0.3) is 0 Å². The van der Waals surface area contributed by atoms with Gasteiger partial charge < -0.3 is 21.1 Å². The van der Waals surface area contributed by atoms with Gasteiger partial charge in [0.15, 0.2) is 0 Å². The van der Waals surface area contributed by atoms with Crippen LogP contribution in [0.3, 0.4) is 0 Å². The van der Waals surface area contributed by atoms with Crippen LogP contribution in [-0.4, -0.2) is 24.7 Å². The zero-order chi connectivity index (χ0) is 17.6. The van der Waals surface area contributed by atoms with Gasteiger partial charge in [-0.25, -0.2) is 0 Å². The van der Waals surface area contributed by atoms with Gasteiger partial charge in [-0.15, -0.1) is 0 Å². The van der Waals surface area contributed by atoms with E-state index >= 15 is 0 Å². The van der Waals surface area contributed by atoms with Gasteiger partial charge >= 0.3 is 0 Å². The van der Waals surface area contributed by atoms with Gasteiger partial charge in [-0.1, -0.05) is 30.3 Å². The summed E-state index contributed by atoms with van der Waals surface area (Å²) in [5.74, 6) is -0.102. The molecule has 0 saturated carbocycles. The van der Waals surface area contributed by atoms with Crippen LogP contribution in [0.15, 0.2) is 54.6 Å². The number of carbonyl (C=O) groups is 1. The summed E-state index contributed by atoms with van der Waals surface area (Å²) in [5.41, 5.74) is 8.59. The Kier molecular flexibility index (Phi) is 5.68. The van der Waals surface area contributed by atoms with Gasteiger partial charge in [0.2, 0.25) is 0 Å². The predicted molar refractivity (Wildman–Crippen MR) is 101 cm³/mol. The molecule has 3 atom stereocenters. The van der Waals surface area contributed by atoms with Gasteiger partial charge in [0.1, 0.15) is 6.10 Å². The van der Waals surface area contributed by atoms with Crippen molar-refractivity contribution in [1.29, 1.82) is 0 Å². The highest BCUT2D eigenvalue weighted by atomic mass is 16.5. The number of ether oxygens (including phenoxy) is 1. The highest BCUT2D eigenvalue weighted by Crippen LogP contribution is 2.23. The van der Waals surface area contributed by atoms with Gasteiger partial charge in [0, 0.05) is 24.0 Å². The Morgan fingerprint density at radius 1 is 1.12 bits per heavy atom. The third kappa shape index (κ3) is 4.59. The molecule has 132 valence electrons. The molecule has 5 heteroatoms. The average molecular weight is 339 g/mol. The summed E-state index contributed by atoms with van der Waals surface area (Å²) in [6.45, 7) is 2.58. The van der Waals surface area contributed by atoms with Crippen molar-refractivity contribution in [2.24, 2.45) is 5.73 Å². The minimum absolute atomic E-state index is 0.00167. The molecular weight excluding hydrogens is 314 g/mol. The first-order valence-electron chi connectivity index (χ1n) is 8.73. The van der Waals surface area contributed by atoms with E-state index in [0.717, 1.165) is 24.2 Å². The van der Waals surface area contributed by atoms with E-state index in [9.17, 15) is 4.79 Å². The van der Waals surface area contributed by atoms with Crippen LogP contribution in [0.4, 0.5) is 11.4 Å². The van der Waals surface area contributed by atoms with Crippen LogP contribution >= 0.6 is 0 Å². The molecule has 1 fully saturated rings. The number of anilines is 2. The second-order valence-corrected chi connectivity index (χ2v) is 6.40. The van der Waals surface area contributed by atoms with Crippen LogP contribution in [0.5, 0.6) is 0 Å². The Labute approximate surface area is 148 Å². The highest BCUT2D eigenvalue weighted by molar-refractivity contribution is 5.94. The van der Waals surface area contributed by atoms with Crippen molar-refractivity contribution in [1.82, 2.24) is 0 Å². The molecule has 1 saturated heterocycles. The van der Waals surface area contributed by atoms with Crippen molar-refractivity contribution in [3.05, 3.63) is 60.2 Å². The average Bonchev–Trinajstić information content (AvgIpc) is 3.13. The van der Waals surface area contributed by atoms with Crippen molar-refractivity contribution in [2.45, 2.75) is 38.0 Å². The molecule has 1 aliphatic rings. The molecule has 0 radical (unpaired) electrons. The summed E-state index contributed by atoms with van der Waals surface area (Å²) >= 11 is 0. The Morgan fingerprint density at radius 2 is 1.80 bits per heavy atom. The van der Waals surface area contributed by atoms with Crippen LogP contribution in [0.1, 0.15) is 31.4 Å².